The van der Waals surface area contributed by atoms with Crippen LogP contribution >= 0.6 is 0 Å². The van der Waals surface area contributed by atoms with Gasteiger partial charge in [-0.2, -0.15) is 0 Å². The first-order valence-electron chi connectivity index (χ1n) is 5.91. The number of nitrogens with two attached hydrogens (primary N) is 1. The maximum atomic E-state index is 11.7. The first kappa shape index (κ1) is 17.8. The Morgan fingerprint density at radius 2 is 1.65 bits per heavy atom. The molecule has 9 nitrogen and oxygen atoms in total. The number of aliphatic hydroxyl groups excluding tert-OH is 1. The van der Waals surface area contributed by atoms with Gasteiger partial charge in [-0.3, -0.25) is 19.2 Å². The molecule has 0 aliphatic carbocycles. The Bertz CT molecular complexity index is 398. The second-order valence-corrected chi connectivity index (χ2v) is 4.38. The zero-order valence-electron chi connectivity index (χ0n) is 11.3. The predicted molar refractivity (Wildman–Crippen MR) is 67.2 cm³/mol. The molecule has 3 amide bonds. The highest BCUT2D eigenvalue weighted by Crippen LogP contribution is 1.96. The summed E-state index contributed by atoms with van der Waals surface area (Å²) in [5.74, 6) is -4.24. The van der Waals surface area contributed by atoms with Gasteiger partial charge in [0.1, 0.15) is 12.1 Å². The molecular formula is C11H19N3O6. The number of nitrogens with one attached hydrogen (secondary N) is 2. The number of aliphatic hydroxyl groups is 1. The Hall–Kier alpha value is -2.16. The van der Waals surface area contributed by atoms with Crippen molar-refractivity contribution in [3.63, 3.8) is 0 Å². The van der Waals surface area contributed by atoms with E-state index in [1.54, 1.807) is 0 Å². The highest BCUT2D eigenvalue weighted by atomic mass is 16.4. The molecule has 0 fully saturated rings. The van der Waals surface area contributed by atoms with E-state index < -0.39 is 48.1 Å². The molecule has 0 rings (SSSR count). The first-order chi connectivity index (χ1) is 9.18. The fourth-order valence-electron chi connectivity index (χ4n) is 1.20. The van der Waals surface area contributed by atoms with E-state index in [-0.39, 0.29) is 6.61 Å². The quantitative estimate of drug-likeness (QED) is 0.334. The van der Waals surface area contributed by atoms with Crippen LogP contribution in [0.4, 0.5) is 0 Å². The molecule has 0 heterocycles. The van der Waals surface area contributed by atoms with Crippen molar-refractivity contribution in [2.24, 2.45) is 11.7 Å². The number of carboxylic acid groups (broad SMARTS) is 1. The van der Waals surface area contributed by atoms with Gasteiger partial charge in [0.2, 0.25) is 17.7 Å². The SMILES string of the molecule is C[C@H](NC(=O)[C@@H](C)CO)C(=O)N[C@@H](CC(=O)O)C(N)=O. The lowest BCUT2D eigenvalue weighted by atomic mass is 10.1. The van der Waals surface area contributed by atoms with Crippen molar-refractivity contribution >= 4 is 23.7 Å². The van der Waals surface area contributed by atoms with Gasteiger partial charge >= 0.3 is 5.97 Å². The molecule has 0 saturated carbocycles. The molecule has 0 radical (unpaired) electrons. The molecule has 0 saturated heterocycles. The summed E-state index contributed by atoms with van der Waals surface area (Å²) in [4.78, 5) is 44.7. The van der Waals surface area contributed by atoms with Gasteiger partial charge in [0, 0.05) is 0 Å². The lowest BCUT2D eigenvalue weighted by Crippen LogP contribution is -2.53. The summed E-state index contributed by atoms with van der Waals surface area (Å²) in [5, 5.41) is 21.8. The summed E-state index contributed by atoms with van der Waals surface area (Å²) in [5.41, 5.74) is 4.97. The summed E-state index contributed by atoms with van der Waals surface area (Å²) >= 11 is 0. The van der Waals surface area contributed by atoms with Crippen LogP contribution in [0.5, 0.6) is 0 Å². The number of amides is 3. The lowest BCUT2D eigenvalue weighted by Gasteiger charge is -2.19. The van der Waals surface area contributed by atoms with E-state index in [0.717, 1.165) is 0 Å². The Balaban J connectivity index is 4.53. The van der Waals surface area contributed by atoms with Crippen molar-refractivity contribution in [3.05, 3.63) is 0 Å². The zero-order chi connectivity index (χ0) is 15.9. The van der Waals surface area contributed by atoms with E-state index >= 15 is 0 Å². The van der Waals surface area contributed by atoms with E-state index in [4.69, 9.17) is 15.9 Å². The molecular weight excluding hydrogens is 270 g/mol. The van der Waals surface area contributed by atoms with Gasteiger partial charge < -0.3 is 26.6 Å². The molecule has 0 aromatic heterocycles. The minimum Gasteiger partial charge on any atom is -0.481 e. The topological polar surface area (TPSA) is 159 Å². The van der Waals surface area contributed by atoms with Gasteiger partial charge in [-0.05, 0) is 6.92 Å². The summed E-state index contributed by atoms with van der Waals surface area (Å²) in [7, 11) is 0. The standard InChI is InChI=1S/C11H19N3O6/c1-5(4-15)10(19)13-6(2)11(20)14-7(9(12)18)3-8(16)17/h5-7,15H,3-4H2,1-2H3,(H2,12,18)(H,13,19)(H,14,20)(H,16,17)/t5-,6-,7-/m0/s1. The van der Waals surface area contributed by atoms with Crippen LogP contribution in [0, 0.1) is 5.92 Å². The number of carbonyl (C=O) groups is 4. The number of primary amides is 1. The minimum atomic E-state index is -1.35. The van der Waals surface area contributed by atoms with Gasteiger partial charge in [0.05, 0.1) is 18.9 Å². The van der Waals surface area contributed by atoms with E-state index in [0.29, 0.717) is 0 Å². The molecule has 6 N–H and O–H groups in total. The number of aliphatic carboxylic acids is 1. The third-order valence-electron chi connectivity index (χ3n) is 2.51. The van der Waals surface area contributed by atoms with E-state index in [9.17, 15) is 19.2 Å². The summed E-state index contributed by atoms with van der Waals surface area (Å²) < 4.78 is 0. The molecule has 3 atom stereocenters. The van der Waals surface area contributed by atoms with E-state index in [1.165, 1.54) is 13.8 Å². The van der Waals surface area contributed by atoms with Crippen LogP contribution < -0.4 is 16.4 Å². The van der Waals surface area contributed by atoms with Crippen molar-refractivity contribution < 1.29 is 29.4 Å². The Morgan fingerprint density at radius 1 is 1.10 bits per heavy atom. The maximum absolute atomic E-state index is 11.7. The Kier molecular flexibility index (Phi) is 7.22. The van der Waals surface area contributed by atoms with Crippen molar-refractivity contribution in [2.75, 3.05) is 6.61 Å². The van der Waals surface area contributed by atoms with Crippen LogP contribution in [0.3, 0.4) is 0 Å². The fourth-order valence-corrected chi connectivity index (χ4v) is 1.20. The second kappa shape index (κ2) is 8.10. The average Bonchev–Trinajstić information content (AvgIpc) is 2.35. The Labute approximate surface area is 115 Å². The van der Waals surface area contributed by atoms with Crippen molar-refractivity contribution in [3.8, 4) is 0 Å². The second-order valence-electron chi connectivity index (χ2n) is 4.38. The highest BCUT2D eigenvalue weighted by Gasteiger charge is 2.25. The summed E-state index contributed by atoms with van der Waals surface area (Å²) in [6.07, 6.45) is -0.644. The number of carboxylic acids is 1. The van der Waals surface area contributed by atoms with Gasteiger partial charge in [-0.1, -0.05) is 6.92 Å². The molecule has 20 heavy (non-hydrogen) atoms. The molecule has 0 bridgehead atoms. The normalized spacial score (nSPS) is 14.8. The number of hydrogen-bond donors (Lipinski definition) is 5. The predicted octanol–water partition coefficient (Wildman–Crippen LogP) is -2.44. The molecule has 114 valence electrons. The summed E-state index contributed by atoms with van der Waals surface area (Å²) in [6, 6.07) is -2.35. The van der Waals surface area contributed by atoms with Crippen molar-refractivity contribution in [2.45, 2.75) is 32.4 Å². The molecule has 9 heteroatoms. The van der Waals surface area contributed by atoms with Crippen LogP contribution in [0.25, 0.3) is 0 Å². The minimum absolute atomic E-state index is 0.372. The fraction of sp³-hybridized carbons (Fsp3) is 0.636. The highest BCUT2D eigenvalue weighted by molar-refractivity contribution is 5.93. The summed E-state index contributed by atoms with van der Waals surface area (Å²) in [6.45, 7) is 2.45. The molecule has 0 aromatic rings. The van der Waals surface area contributed by atoms with Crippen molar-refractivity contribution in [1.29, 1.82) is 0 Å². The smallest absolute Gasteiger partial charge is 0.305 e. The average molecular weight is 289 g/mol. The number of hydrogen-bond acceptors (Lipinski definition) is 5. The van der Waals surface area contributed by atoms with Gasteiger partial charge in [-0.15, -0.1) is 0 Å². The van der Waals surface area contributed by atoms with Crippen molar-refractivity contribution in [1.82, 2.24) is 10.6 Å². The molecule has 0 aliphatic rings. The Morgan fingerprint density at radius 3 is 2.05 bits per heavy atom. The van der Waals surface area contributed by atoms with E-state index in [2.05, 4.69) is 10.6 Å². The van der Waals surface area contributed by atoms with Gasteiger partial charge in [-0.25, -0.2) is 0 Å². The molecule has 0 unspecified atom stereocenters. The lowest BCUT2D eigenvalue weighted by molar-refractivity contribution is -0.140. The van der Waals surface area contributed by atoms with Crippen LogP contribution in [0.15, 0.2) is 0 Å². The molecule has 0 aromatic carbocycles. The van der Waals surface area contributed by atoms with Gasteiger partial charge in [0.25, 0.3) is 0 Å². The third-order valence-corrected chi connectivity index (χ3v) is 2.51. The largest absolute Gasteiger partial charge is 0.481 e. The van der Waals surface area contributed by atoms with Crippen LogP contribution in [-0.4, -0.2) is 52.6 Å². The van der Waals surface area contributed by atoms with Gasteiger partial charge in [0.15, 0.2) is 0 Å². The first-order valence-corrected chi connectivity index (χ1v) is 5.91. The van der Waals surface area contributed by atoms with E-state index in [1.807, 2.05) is 0 Å². The monoisotopic (exact) mass is 289 g/mol. The van der Waals surface area contributed by atoms with Crippen LogP contribution in [0.1, 0.15) is 20.3 Å². The molecule has 0 aliphatic heterocycles. The number of rotatable bonds is 8. The maximum Gasteiger partial charge on any atom is 0.305 e. The molecule has 0 spiro atoms. The van der Waals surface area contributed by atoms with Crippen LogP contribution in [0.2, 0.25) is 0 Å². The third kappa shape index (κ3) is 6.14. The zero-order valence-corrected chi connectivity index (χ0v) is 11.3. The van der Waals surface area contributed by atoms with Crippen LogP contribution in [-0.2, 0) is 19.2 Å². The number of carbonyl (C=O) groups excluding carboxylic acids is 3.